The van der Waals surface area contributed by atoms with Gasteiger partial charge in [-0.15, -0.1) is 11.8 Å². The SMILES string of the molecule is Nc1ccc(O)c(CNC(=O)C2CCCS2)c1. The van der Waals surface area contributed by atoms with Crippen LogP contribution in [-0.4, -0.2) is 22.0 Å². The van der Waals surface area contributed by atoms with E-state index in [1.165, 1.54) is 0 Å². The molecule has 5 heteroatoms. The van der Waals surface area contributed by atoms with Gasteiger partial charge < -0.3 is 16.2 Å². The van der Waals surface area contributed by atoms with Gasteiger partial charge >= 0.3 is 0 Å². The van der Waals surface area contributed by atoms with Gasteiger partial charge in [-0.05, 0) is 36.8 Å². The molecule has 1 heterocycles. The van der Waals surface area contributed by atoms with Crippen LogP contribution in [0.2, 0.25) is 0 Å². The monoisotopic (exact) mass is 252 g/mol. The number of anilines is 1. The Morgan fingerprint density at radius 3 is 3.12 bits per heavy atom. The first-order valence-electron chi connectivity index (χ1n) is 5.63. The summed E-state index contributed by atoms with van der Waals surface area (Å²) in [5.41, 5.74) is 6.87. The van der Waals surface area contributed by atoms with Crippen molar-refractivity contribution < 1.29 is 9.90 Å². The van der Waals surface area contributed by atoms with E-state index in [1.54, 1.807) is 30.0 Å². The van der Waals surface area contributed by atoms with Crippen molar-refractivity contribution in [2.75, 3.05) is 11.5 Å². The van der Waals surface area contributed by atoms with Crippen LogP contribution in [0.3, 0.4) is 0 Å². The Balaban J connectivity index is 1.92. The number of amides is 1. The summed E-state index contributed by atoms with van der Waals surface area (Å²) in [5, 5.41) is 12.5. The zero-order chi connectivity index (χ0) is 12.3. The molecule has 1 atom stereocenters. The topological polar surface area (TPSA) is 75.3 Å². The second kappa shape index (κ2) is 5.31. The summed E-state index contributed by atoms with van der Waals surface area (Å²) in [7, 11) is 0. The van der Waals surface area contributed by atoms with Crippen LogP contribution in [0.1, 0.15) is 18.4 Å². The predicted octanol–water partition coefficient (Wildman–Crippen LogP) is 1.49. The predicted molar refractivity (Wildman–Crippen MR) is 69.8 cm³/mol. The highest BCUT2D eigenvalue weighted by molar-refractivity contribution is 8.00. The van der Waals surface area contributed by atoms with E-state index in [0.717, 1.165) is 18.6 Å². The number of aromatic hydroxyl groups is 1. The molecule has 1 fully saturated rings. The summed E-state index contributed by atoms with van der Waals surface area (Å²) >= 11 is 1.69. The number of benzene rings is 1. The summed E-state index contributed by atoms with van der Waals surface area (Å²) in [5.74, 6) is 1.27. The maximum atomic E-state index is 11.8. The number of carbonyl (C=O) groups excluding carboxylic acids is 1. The molecule has 0 radical (unpaired) electrons. The van der Waals surface area contributed by atoms with E-state index in [2.05, 4.69) is 5.32 Å². The van der Waals surface area contributed by atoms with Gasteiger partial charge in [0.1, 0.15) is 5.75 Å². The largest absolute Gasteiger partial charge is 0.508 e. The van der Waals surface area contributed by atoms with Crippen LogP contribution in [-0.2, 0) is 11.3 Å². The first-order chi connectivity index (χ1) is 8.16. The van der Waals surface area contributed by atoms with E-state index in [9.17, 15) is 9.90 Å². The molecule has 0 spiro atoms. The Bertz CT molecular complexity index is 417. The third-order valence-corrected chi connectivity index (χ3v) is 4.16. The van der Waals surface area contributed by atoms with Crippen LogP contribution in [0.5, 0.6) is 5.75 Å². The summed E-state index contributed by atoms with van der Waals surface area (Å²) in [6, 6.07) is 4.85. The maximum Gasteiger partial charge on any atom is 0.233 e. The highest BCUT2D eigenvalue weighted by Crippen LogP contribution is 2.26. The number of hydrogen-bond acceptors (Lipinski definition) is 4. The van der Waals surface area contributed by atoms with Gasteiger partial charge in [0, 0.05) is 17.8 Å². The van der Waals surface area contributed by atoms with Crippen LogP contribution in [0.15, 0.2) is 18.2 Å². The van der Waals surface area contributed by atoms with Crippen molar-refractivity contribution in [3.63, 3.8) is 0 Å². The van der Waals surface area contributed by atoms with Crippen molar-refractivity contribution in [1.82, 2.24) is 5.32 Å². The van der Waals surface area contributed by atoms with E-state index in [4.69, 9.17) is 5.73 Å². The molecule has 1 aliphatic rings. The molecule has 4 nitrogen and oxygen atoms in total. The number of nitrogens with one attached hydrogen (secondary N) is 1. The number of thioether (sulfide) groups is 1. The van der Waals surface area contributed by atoms with Crippen molar-refractivity contribution in [3.05, 3.63) is 23.8 Å². The van der Waals surface area contributed by atoms with E-state index in [1.807, 2.05) is 0 Å². The summed E-state index contributed by atoms with van der Waals surface area (Å²) in [4.78, 5) is 11.8. The molecule has 92 valence electrons. The minimum absolute atomic E-state index is 0.0503. The van der Waals surface area contributed by atoms with Gasteiger partial charge in [-0.25, -0.2) is 0 Å². The molecule has 4 N–H and O–H groups in total. The van der Waals surface area contributed by atoms with Gasteiger partial charge in [-0.3, -0.25) is 4.79 Å². The van der Waals surface area contributed by atoms with Gasteiger partial charge in [0.25, 0.3) is 0 Å². The molecule has 1 amide bonds. The lowest BCUT2D eigenvalue weighted by Crippen LogP contribution is -2.30. The van der Waals surface area contributed by atoms with E-state index in [-0.39, 0.29) is 16.9 Å². The fourth-order valence-corrected chi connectivity index (χ4v) is 3.01. The Morgan fingerprint density at radius 2 is 2.41 bits per heavy atom. The maximum absolute atomic E-state index is 11.8. The molecule has 1 aliphatic heterocycles. The number of phenolic OH excluding ortho intramolecular Hbond substituents is 1. The molecule has 1 saturated heterocycles. The second-order valence-electron chi connectivity index (χ2n) is 4.11. The summed E-state index contributed by atoms with van der Waals surface area (Å²) in [6.07, 6.45) is 2.05. The van der Waals surface area contributed by atoms with Crippen LogP contribution in [0, 0.1) is 0 Å². The minimum atomic E-state index is 0.0503. The first kappa shape index (κ1) is 12.1. The number of nitrogens with two attached hydrogens (primary N) is 1. The van der Waals surface area contributed by atoms with Gasteiger partial charge in [0.05, 0.1) is 5.25 Å². The fourth-order valence-electron chi connectivity index (χ4n) is 1.83. The van der Waals surface area contributed by atoms with Gasteiger partial charge in [0.2, 0.25) is 5.91 Å². The fraction of sp³-hybridized carbons (Fsp3) is 0.417. The van der Waals surface area contributed by atoms with Crippen LogP contribution >= 0.6 is 11.8 Å². The number of hydrogen-bond donors (Lipinski definition) is 3. The second-order valence-corrected chi connectivity index (χ2v) is 5.42. The number of carbonyl (C=O) groups is 1. The van der Waals surface area contributed by atoms with Crippen molar-refractivity contribution in [2.45, 2.75) is 24.6 Å². The van der Waals surface area contributed by atoms with E-state index < -0.39 is 0 Å². The van der Waals surface area contributed by atoms with E-state index >= 15 is 0 Å². The number of rotatable bonds is 3. The van der Waals surface area contributed by atoms with Gasteiger partial charge in [-0.2, -0.15) is 0 Å². The quantitative estimate of drug-likeness (QED) is 0.563. The van der Waals surface area contributed by atoms with Crippen LogP contribution in [0.25, 0.3) is 0 Å². The van der Waals surface area contributed by atoms with Crippen LogP contribution in [0.4, 0.5) is 5.69 Å². The zero-order valence-electron chi connectivity index (χ0n) is 9.48. The Hall–Kier alpha value is -1.36. The first-order valence-corrected chi connectivity index (χ1v) is 6.68. The summed E-state index contributed by atoms with van der Waals surface area (Å²) < 4.78 is 0. The van der Waals surface area contributed by atoms with Crippen molar-refractivity contribution in [1.29, 1.82) is 0 Å². The lowest BCUT2D eigenvalue weighted by atomic mass is 10.1. The lowest BCUT2D eigenvalue weighted by molar-refractivity contribution is -0.120. The zero-order valence-corrected chi connectivity index (χ0v) is 10.3. The standard InChI is InChI=1S/C12H16N2O2S/c13-9-3-4-10(15)8(6-9)7-14-12(16)11-2-1-5-17-11/h3-4,6,11,15H,1-2,5,7,13H2,(H,14,16). The minimum Gasteiger partial charge on any atom is -0.508 e. The average Bonchev–Trinajstić information content (AvgIpc) is 2.83. The third kappa shape index (κ3) is 3.06. The molecule has 0 bridgehead atoms. The normalized spacial score (nSPS) is 19.2. The third-order valence-electron chi connectivity index (χ3n) is 2.78. The average molecular weight is 252 g/mol. The molecular formula is C12H16N2O2S. The number of phenols is 1. The molecule has 1 aromatic carbocycles. The molecule has 1 aromatic rings. The molecular weight excluding hydrogens is 236 g/mol. The van der Waals surface area contributed by atoms with Gasteiger partial charge in [-0.1, -0.05) is 0 Å². The lowest BCUT2D eigenvalue weighted by Gasteiger charge is -2.11. The smallest absolute Gasteiger partial charge is 0.233 e. The highest BCUT2D eigenvalue weighted by Gasteiger charge is 2.22. The molecule has 0 saturated carbocycles. The van der Waals surface area contributed by atoms with Crippen LogP contribution < -0.4 is 11.1 Å². The molecule has 0 aromatic heterocycles. The summed E-state index contributed by atoms with van der Waals surface area (Å²) in [6.45, 7) is 0.326. The number of nitrogen functional groups attached to an aromatic ring is 1. The Kier molecular flexibility index (Phi) is 3.78. The van der Waals surface area contributed by atoms with Gasteiger partial charge in [0.15, 0.2) is 0 Å². The molecule has 2 rings (SSSR count). The molecule has 0 aliphatic carbocycles. The highest BCUT2D eigenvalue weighted by atomic mass is 32.2. The van der Waals surface area contributed by atoms with Crippen molar-refractivity contribution >= 4 is 23.4 Å². The van der Waals surface area contributed by atoms with E-state index in [0.29, 0.717) is 17.8 Å². The van der Waals surface area contributed by atoms with Crippen molar-refractivity contribution in [2.24, 2.45) is 0 Å². The van der Waals surface area contributed by atoms with Crippen molar-refractivity contribution in [3.8, 4) is 5.75 Å². The Morgan fingerprint density at radius 1 is 1.59 bits per heavy atom. The Labute approximate surface area is 105 Å². The molecule has 17 heavy (non-hydrogen) atoms. The molecule has 1 unspecified atom stereocenters.